The minimum atomic E-state index is -2.41. The summed E-state index contributed by atoms with van der Waals surface area (Å²) >= 11 is 0. The van der Waals surface area contributed by atoms with Crippen LogP contribution in [0.1, 0.15) is 126 Å². The molecule has 3 fully saturated rings. The standard InChI is InChI=1S/C53H83NO13/c1-32-18-14-13-15-19-33(2)44(62-9)30-40-23-21-38(7)53(60,67-40)50(57)51(58)54-25-17-16-20-41(54)52(59)66-45(35(4)28-39-22-24-43(61-8)46(29-39)63-10)31-42(55)34(3)27-37(6)48(64-11)49(65-12)47(56)36(5)26-32/h13-15,18-19,27,32,34-36,38-41,43-46,48-49,60H,16-17,20-26,28-31H2,1-12H3/b15-13?,18-14+,33-19?,37-27+/t32-,34-,35-,36-,38-,39+,40+,41+,43-,44+,45+,46-,48-,49+,53-/m1/s1. The lowest BCUT2D eigenvalue weighted by atomic mass is 9.78. The molecule has 0 unspecified atom stereocenters. The summed E-state index contributed by atoms with van der Waals surface area (Å²) in [6.07, 6.45) is 14.1. The first-order valence-corrected chi connectivity index (χ1v) is 24.7. The lowest BCUT2D eigenvalue weighted by Crippen LogP contribution is -2.61. The molecule has 3 aliphatic heterocycles. The van der Waals surface area contributed by atoms with Crippen LogP contribution in [0.3, 0.4) is 0 Å². The summed E-state index contributed by atoms with van der Waals surface area (Å²) in [5.41, 5.74) is 1.56. The Labute approximate surface area is 400 Å². The molecule has 1 amide bonds. The molecule has 2 saturated heterocycles. The van der Waals surface area contributed by atoms with Gasteiger partial charge in [0.05, 0.1) is 24.4 Å². The first-order valence-electron chi connectivity index (χ1n) is 24.7. The van der Waals surface area contributed by atoms with Crippen molar-refractivity contribution in [2.75, 3.05) is 42.1 Å². The molecule has 67 heavy (non-hydrogen) atoms. The number of methoxy groups -OCH3 is 5. The molecule has 0 spiro atoms. The number of piperidine rings is 1. The molecule has 1 saturated carbocycles. The summed E-state index contributed by atoms with van der Waals surface area (Å²) in [5, 5.41) is 12.0. The molecule has 4 aliphatic rings. The molecular weight excluding hydrogens is 859 g/mol. The SMILES string of the molecule is CO[C@H]1C[C@@H]2CC[C@@H](C)[C@@](O)(O2)C(=O)C(=O)N2CCCC[C@H]2C(=O)O[C@H]([C@H](C)C[C@@H]2CC[C@@H](OC)[C@H](OC)C2)CC(=O)[C@H](C)/C=C(\C)[C@@H](OC)[C@@H](OC)C(=O)[C@H](C)C[C@H](C)/C=C/C=CC=C1C. The fourth-order valence-corrected chi connectivity index (χ4v) is 10.7. The lowest BCUT2D eigenvalue weighted by Gasteiger charge is -2.42. The first-order chi connectivity index (χ1) is 31.8. The van der Waals surface area contributed by atoms with Crippen molar-refractivity contribution in [3.63, 3.8) is 0 Å². The van der Waals surface area contributed by atoms with Crippen LogP contribution in [0.4, 0.5) is 0 Å². The van der Waals surface area contributed by atoms with Gasteiger partial charge >= 0.3 is 5.97 Å². The predicted octanol–water partition coefficient (Wildman–Crippen LogP) is 7.49. The second-order valence-corrected chi connectivity index (χ2v) is 20.0. The Morgan fingerprint density at radius 3 is 2.13 bits per heavy atom. The number of ketones is 3. The maximum absolute atomic E-state index is 14.5. The van der Waals surface area contributed by atoms with E-state index in [1.807, 2.05) is 58.1 Å². The fraction of sp³-hybridized carbons (Fsp3) is 0.755. The largest absolute Gasteiger partial charge is 0.460 e. The van der Waals surface area contributed by atoms with E-state index in [-0.39, 0.29) is 66.8 Å². The van der Waals surface area contributed by atoms with Gasteiger partial charge < -0.3 is 43.2 Å². The van der Waals surface area contributed by atoms with Gasteiger partial charge in [-0.1, -0.05) is 71.1 Å². The normalized spacial score (nSPS) is 38.3. The van der Waals surface area contributed by atoms with Crippen LogP contribution >= 0.6 is 0 Å². The van der Waals surface area contributed by atoms with Gasteiger partial charge in [-0.2, -0.15) is 0 Å². The number of amides is 1. The van der Waals surface area contributed by atoms with Gasteiger partial charge in [0, 0.05) is 72.7 Å². The van der Waals surface area contributed by atoms with Crippen LogP contribution in [0.25, 0.3) is 0 Å². The number of cyclic esters (lactones) is 1. The molecule has 4 rings (SSSR count). The van der Waals surface area contributed by atoms with Crippen LogP contribution < -0.4 is 0 Å². The molecule has 2 bridgehead atoms. The molecule has 0 aromatic carbocycles. The minimum Gasteiger partial charge on any atom is -0.460 e. The second kappa shape index (κ2) is 26.6. The number of aliphatic hydroxyl groups is 1. The van der Waals surface area contributed by atoms with E-state index in [0.717, 1.165) is 24.8 Å². The van der Waals surface area contributed by atoms with Gasteiger partial charge in [0.15, 0.2) is 5.78 Å². The molecule has 15 atom stereocenters. The summed E-state index contributed by atoms with van der Waals surface area (Å²) in [4.78, 5) is 72.5. The topological polar surface area (TPSA) is 173 Å². The van der Waals surface area contributed by atoms with E-state index in [9.17, 15) is 29.1 Å². The van der Waals surface area contributed by atoms with Gasteiger partial charge in [0.25, 0.3) is 11.7 Å². The quantitative estimate of drug-likeness (QED) is 0.144. The number of nitrogens with zero attached hydrogens (tertiary/aromatic N) is 1. The average Bonchev–Trinajstić information content (AvgIpc) is 3.31. The van der Waals surface area contributed by atoms with Crippen LogP contribution in [-0.4, -0.2) is 136 Å². The zero-order valence-electron chi connectivity index (χ0n) is 42.5. The number of allylic oxidation sites excluding steroid dienone is 6. The second-order valence-electron chi connectivity index (χ2n) is 20.0. The molecule has 0 aromatic rings. The van der Waals surface area contributed by atoms with Crippen LogP contribution in [0, 0.1) is 35.5 Å². The third kappa shape index (κ3) is 14.8. The molecule has 0 radical (unpaired) electrons. The Hall–Kier alpha value is -3.37. The van der Waals surface area contributed by atoms with Crippen molar-refractivity contribution in [3.8, 4) is 0 Å². The van der Waals surface area contributed by atoms with E-state index >= 15 is 0 Å². The van der Waals surface area contributed by atoms with Crippen molar-refractivity contribution in [1.82, 2.24) is 4.90 Å². The Morgan fingerprint density at radius 1 is 0.776 bits per heavy atom. The number of hydrogen-bond acceptors (Lipinski definition) is 13. The highest BCUT2D eigenvalue weighted by atomic mass is 16.6. The van der Waals surface area contributed by atoms with E-state index in [1.165, 1.54) is 19.1 Å². The molecule has 3 heterocycles. The Morgan fingerprint density at radius 2 is 1.48 bits per heavy atom. The van der Waals surface area contributed by atoms with E-state index < -0.39 is 71.8 Å². The lowest BCUT2D eigenvalue weighted by molar-refractivity contribution is -0.265. The minimum absolute atomic E-state index is 0.0234. The van der Waals surface area contributed by atoms with Crippen LogP contribution in [0.15, 0.2) is 47.6 Å². The average molecular weight is 942 g/mol. The molecular formula is C53H83NO13. The molecule has 378 valence electrons. The number of ether oxygens (including phenoxy) is 7. The van der Waals surface area contributed by atoms with Crippen LogP contribution in [0.2, 0.25) is 0 Å². The van der Waals surface area contributed by atoms with Gasteiger partial charge in [-0.05, 0) is 107 Å². The molecule has 1 aliphatic carbocycles. The molecule has 1 N–H and O–H groups in total. The van der Waals surface area contributed by atoms with E-state index in [2.05, 4.69) is 6.92 Å². The van der Waals surface area contributed by atoms with Gasteiger partial charge in [-0.25, -0.2) is 4.79 Å². The van der Waals surface area contributed by atoms with Crippen molar-refractivity contribution in [2.24, 2.45) is 35.5 Å². The van der Waals surface area contributed by atoms with Gasteiger partial charge in [0.2, 0.25) is 5.79 Å². The number of carbonyl (C=O) groups excluding carboxylic acids is 5. The number of esters is 1. The molecule has 14 nitrogen and oxygen atoms in total. The van der Waals surface area contributed by atoms with Crippen LogP contribution in [-0.2, 0) is 57.1 Å². The number of carbonyl (C=O) groups is 5. The Bertz CT molecular complexity index is 1790. The first kappa shape index (κ1) is 56.2. The van der Waals surface area contributed by atoms with E-state index in [4.69, 9.17) is 33.2 Å². The summed E-state index contributed by atoms with van der Waals surface area (Å²) in [6, 6.07) is -1.11. The summed E-state index contributed by atoms with van der Waals surface area (Å²) < 4.78 is 41.5. The Balaban J connectivity index is 1.72. The highest BCUT2D eigenvalue weighted by Gasteiger charge is 2.53. The predicted molar refractivity (Wildman–Crippen MR) is 255 cm³/mol. The van der Waals surface area contributed by atoms with Crippen LogP contribution in [0.5, 0.6) is 0 Å². The monoisotopic (exact) mass is 942 g/mol. The van der Waals surface area contributed by atoms with Crippen molar-refractivity contribution in [2.45, 2.75) is 180 Å². The summed E-state index contributed by atoms with van der Waals surface area (Å²) in [5.74, 6) is -7.20. The maximum Gasteiger partial charge on any atom is 0.329 e. The highest BCUT2D eigenvalue weighted by molar-refractivity contribution is 6.39. The number of fused-ring (bicyclic) bond motifs is 3. The van der Waals surface area contributed by atoms with Gasteiger partial charge in [-0.3, -0.25) is 19.2 Å². The highest BCUT2D eigenvalue weighted by Crippen LogP contribution is 2.38. The summed E-state index contributed by atoms with van der Waals surface area (Å²) in [7, 11) is 7.96. The molecule has 0 aromatic heterocycles. The smallest absolute Gasteiger partial charge is 0.329 e. The van der Waals surface area contributed by atoms with Crippen molar-refractivity contribution < 1.29 is 62.2 Å². The maximum atomic E-state index is 14.5. The number of rotatable bonds is 8. The van der Waals surface area contributed by atoms with Crippen molar-refractivity contribution in [3.05, 3.63) is 47.6 Å². The van der Waals surface area contributed by atoms with Crippen molar-refractivity contribution >= 4 is 29.2 Å². The van der Waals surface area contributed by atoms with Gasteiger partial charge in [-0.15, -0.1) is 0 Å². The fourth-order valence-electron chi connectivity index (χ4n) is 10.7. The summed E-state index contributed by atoms with van der Waals surface area (Å²) in [6.45, 7) is 13.2. The number of Topliss-reactive ketones (excluding diaryl/α,β-unsaturated/α-hetero) is 3. The zero-order chi connectivity index (χ0) is 49.6. The van der Waals surface area contributed by atoms with Gasteiger partial charge in [0.1, 0.15) is 30.1 Å². The number of hydrogen-bond donors (Lipinski definition) is 1. The van der Waals surface area contributed by atoms with E-state index in [1.54, 1.807) is 41.3 Å². The third-order valence-electron chi connectivity index (χ3n) is 15.0. The zero-order valence-corrected chi connectivity index (χ0v) is 42.5. The van der Waals surface area contributed by atoms with E-state index in [0.29, 0.717) is 50.5 Å². The third-order valence-corrected chi connectivity index (χ3v) is 15.0. The molecule has 14 heteroatoms. The Kier molecular flexibility index (Phi) is 22.3. The van der Waals surface area contributed by atoms with Crippen molar-refractivity contribution in [1.29, 1.82) is 0 Å².